The number of nitrogens with one attached hydrogen (secondary N) is 2. The molecule has 1 amide bonds. The van der Waals surface area contributed by atoms with E-state index >= 15 is 0 Å². The zero-order valence-corrected chi connectivity index (χ0v) is 15.5. The van der Waals surface area contributed by atoms with Crippen molar-refractivity contribution in [2.75, 3.05) is 11.9 Å². The molecule has 27 heavy (non-hydrogen) atoms. The van der Waals surface area contributed by atoms with E-state index in [0.717, 1.165) is 29.8 Å². The largest absolute Gasteiger partial charge is 0.416 e. The Labute approximate surface area is 155 Å². The van der Waals surface area contributed by atoms with E-state index in [2.05, 4.69) is 10.0 Å². The number of alkyl halides is 3. The molecule has 0 aliphatic heterocycles. The van der Waals surface area contributed by atoms with Crippen LogP contribution in [0, 0.1) is 13.8 Å². The molecule has 0 saturated carbocycles. The smallest absolute Gasteiger partial charge is 0.326 e. The molecule has 9 heteroatoms. The van der Waals surface area contributed by atoms with E-state index in [1.807, 2.05) is 6.92 Å². The van der Waals surface area contributed by atoms with Gasteiger partial charge in [-0.1, -0.05) is 17.7 Å². The second kappa shape index (κ2) is 8.10. The Bertz CT molecular complexity index is 924. The molecule has 2 aromatic carbocycles. The Morgan fingerprint density at radius 2 is 1.67 bits per heavy atom. The van der Waals surface area contributed by atoms with Crippen LogP contribution in [0.25, 0.3) is 0 Å². The van der Waals surface area contributed by atoms with Gasteiger partial charge >= 0.3 is 6.18 Å². The van der Waals surface area contributed by atoms with Gasteiger partial charge in [0.2, 0.25) is 15.9 Å². The van der Waals surface area contributed by atoms with E-state index in [1.165, 1.54) is 6.07 Å². The number of hydrogen-bond acceptors (Lipinski definition) is 3. The number of halogens is 3. The van der Waals surface area contributed by atoms with Gasteiger partial charge in [0.1, 0.15) is 0 Å². The lowest BCUT2D eigenvalue weighted by molar-refractivity contribution is -0.137. The Balaban J connectivity index is 1.90. The minimum atomic E-state index is -4.45. The van der Waals surface area contributed by atoms with Gasteiger partial charge in [-0.25, -0.2) is 13.1 Å². The zero-order valence-electron chi connectivity index (χ0n) is 14.7. The van der Waals surface area contributed by atoms with Crippen LogP contribution >= 0.6 is 0 Å². The summed E-state index contributed by atoms with van der Waals surface area (Å²) < 4.78 is 64.4. The fourth-order valence-corrected chi connectivity index (χ4v) is 3.70. The molecular weight excluding hydrogens is 381 g/mol. The predicted molar refractivity (Wildman–Crippen MR) is 95.8 cm³/mol. The molecule has 0 bridgehead atoms. The van der Waals surface area contributed by atoms with Gasteiger partial charge in [0.05, 0.1) is 10.5 Å². The fourth-order valence-electron chi connectivity index (χ4n) is 2.44. The number of sulfonamides is 1. The first kappa shape index (κ1) is 20.9. The zero-order chi connectivity index (χ0) is 20.2. The van der Waals surface area contributed by atoms with Crippen LogP contribution in [0.4, 0.5) is 18.9 Å². The molecule has 2 N–H and O–H groups in total. The highest BCUT2D eigenvalue weighted by molar-refractivity contribution is 7.89. The van der Waals surface area contributed by atoms with Crippen LogP contribution in [0.3, 0.4) is 0 Å². The van der Waals surface area contributed by atoms with Crippen LogP contribution in [0.5, 0.6) is 0 Å². The van der Waals surface area contributed by atoms with Gasteiger partial charge in [-0.2, -0.15) is 13.2 Å². The van der Waals surface area contributed by atoms with E-state index in [1.54, 1.807) is 19.1 Å². The lowest BCUT2D eigenvalue weighted by Gasteiger charge is -2.11. The summed E-state index contributed by atoms with van der Waals surface area (Å²) in [5.74, 6) is -0.516. The van der Waals surface area contributed by atoms with Crippen molar-refractivity contribution in [3.8, 4) is 0 Å². The lowest BCUT2D eigenvalue weighted by atomic mass is 10.2. The summed E-state index contributed by atoms with van der Waals surface area (Å²) in [6.45, 7) is 3.39. The standard InChI is InChI=1S/C18H19F3N2O3S/c1-12-3-8-16(13(2)11-12)27(25,26)22-10-9-17(24)23-15-6-4-14(5-7-15)18(19,20)21/h3-8,11,22H,9-10H2,1-2H3,(H,23,24). The Morgan fingerprint density at radius 1 is 1.04 bits per heavy atom. The summed E-state index contributed by atoms with van der Waals surface area (Å²) in [5, 5.41) is 2.42. The molecule has 146 valence electrons. The van der Waals surface area contributed by atoms with Crippen LogP contribution < -0.4 is 10.0 Å². The van der Waals surface area contributed by atoms with Crippen molar-refractivity contribution in [1.29, 1.82) is 0 Å². The average Bonchev–Trinajstić information content (AvgIpc) is 2.53. The van der Waals surface area contributed by atoms with Crippen molar-refractivity contribution in [3.05, 3.63) is 59.2 Å². The maximum Gasteiger partial charge on any atom is 0.416 e. The van der Waals surface area contributed by atoms with Gasteiger partial charge < -0.3 is 5.32 Å². The highest BCUT2D eigenvalue weighted by Gasteiger charge is 2.30. The number of aryl methyl sites for hydroxylation is 2. The summed E-state index contributed by atoms with van der Waals surface area (Å²) in [4.78, 5) is 12.0. The minimum absolute atomic E-state index is 0.135. The molecule has 0 aliphatic carbocycles. The van der Waals surface area contributed by atoms with E-state index in [0.29, 0.717) is 5.56 Å². The molecule has 0 unspecified atom stereocenters. The molecule has 0 aliphatic rings. The van der Waals surface area contributed by atoms with Gasteiger partial charge in [0.25, 0.3) is 0 Å². The Hall–Kier alpha value is -2.39. The van der Waals surface area contributed by atoms with Crippen molar-refractivity contribution in [2.45, 2.75) is 31.3 Å². The molecule has 2 aromatic rings. The van der Waals surface area contributed by atoms with Crippen LogP contribution in [0.15, 0.2) is 47.4 Å². The van der Waals surface area contributed by atoms with E-state index in [4.69, 9.17) is 0 Å². The highest BCUT2D eigenvalue weighted by Crippen LogP contribution is 2.29. The highest BCUT2D eigenvalue weighted by atomic mass is 32.2. The Morgan fingerprint density at radius 3 is 2.22 bits per heavy atom. The first-order chi connectivity index (χ1) is 12.5. The third-order valence-electron chi connectivity index (χ3n) is 3.76. The van der Waals surface area contributed by atoms with Gasteiger partial charge in [0, 0.05) is 18.7 Å². The number of hydrogen-bond donors (Lipinski definition) is 2. The minimum Gasteiger partial charge on any atom is -0.326 e. The number of rotatable bonds is 6. The number of anilines is 1. The maximum absolute atomic E-state index is 12.5. The van der Waals surface area contributed by atoms with Crippen LogP contribution in [0.1, 0.15) is 23.1 Å². The van der Waals surface area contributed by atoms with E-state index in [-0.39, 0.29) is 23.5 Å². The van der Waals surface area contributed by atoms with Crippen molar-refractivity contribution in [2.24, 2.45) is 0 Å². The second-order valence-electron chi connectivity index (χ2n) is 6.04. The number of carbonyl (C=O) groups is 1. The normalized spacial score (nSPS) is 12.0. The first-order valence-corrected chi connectivity index (χ1v) is 9.51. The molecule has 0 heterocycles. The van der Waals surface area contributed by atoms with Gasteiger partial charge in [-0.05, 0) is 49.7 Å². The van der Waals surface area contributed by atoms with Crippen LogP contribution in [-0.4, -0.2) is 20.9 Å². The lowest BCUT2D eigenvalue weighted by Crippen LogP contribution is -2.28. The van der Waals surface area contributed by atoms with Crippen molar-refractivity contribution < 1.29 is 26.4 Å². The summed E-state index contributed by atoms with van der Waals surface area (Å²) in [7, 11) is -3.75. The number of amides is 1. The van der Waals surface area contributed by atoms with Gasteiger partial charge in [-0.3, -0.25) is 4.79 Å². The molecule has 2 rings (SSSR count). The molecule has 0 radical (unpaired) electrons. The summed E-state index contributed by atoms with van der Waals surface area (Å²) in [5.41, 5.74) is 0.908. The van der Waals surface area contributed by atoms with Crippen LogP contribution in [-0.2, 0) is 21.0 Å². The molecule has 0 saturated heterocycles. The second-order valence-corrected chi connectivity index (χ2v) is 7.78. The molecule has 0 fully saturated rings. The third-order valence-corrected chi connectivity index (χ3v) is 5.38. The SMILES string of the molecule is Cc1ccc(S(=O)(=O)NCCC(=O)Nc2ccc(C(F)(F)F)cc2)c(C)c1. The first-order valence-electron chi connectivity index (χ1n) is 8.03. The molecule has 5 nitrogen and oxygen atoms in total. The molecular formula is C18H19F3N2O3S. The van der Waals surface area contributed by atoms with Crippen molar-refractivity contribution in [1.82, 2.24) is 4.72 Å². The van der Waals surface area contributed by atoms with E-state index < -0.39 is 27.7 Å². The third kappa shape index (κ3) is 5.80. The molecule has 0 atom stereocenters. The van der Waals surface area contributed by atoms with E-state index in [9.17, 15) is 26.4 Å². The van der Waals surface area contributed by atoms with Crippen molar-refractivity contribution >= 4 is 21.6 Å². The van der Waals surface area contributed by atoms with Crippen molar-refractivity contribution in [3.63, 3.8) is 0 Å². The average molecular weight is 400 g/mol. The molecule has 0 spiro atoms. The quantitative estimate of drug-likeness (QED) is 0.778. The number of benzene rings is 2. The van der Waals surface area contributed by atoms with Gasteiger partial charge in [0.15, 0.2) is 0 Å². The molecule has 0 aromatic heterocycles. The summed E-state index contributed by atoms with van der Waals surface area (Å²) in [6.07, 6.45) is -4.61. The summed E-state index contributed by atoms with van der Waals surface area (Å²) >= 11 is 0. The summed E-state index contributed by atoms with van der Waals surface area (Å²) in [6, 6.07) is 8.91. The maximum atomic E-state index is 12.5. The predicted octanol–water partition coefficient (Wildman–Crippen LogP) is 3.63. The van der Waals surface area contributed by atoms with Crippen LogP contribution in [0.2, 0.25) is 0 Å². The topological polar surface area (TPSA) is 75.3 Å². The Kier molecular flexibility index (Phi) is 6.27. The number of carbonyl (C=O) groups excluding carboxylic acids is 1. The monoisotopic (exact) mass is 400 g/mol. The fraction of sp³-hybridized carbons (Fsp3) is 0.278. The van der Waals surface area contributed by atoms with Gasteiger partial charge in [-0.15, -0.1) is 0 Å².